The minimum absolute atomic E-state index is 0.127. The van der Waals surface area contributed by atoms with Crippen molar-refractivity contribution in [3.8, 4) is 0 Å². The van der Waals surface area contributed by atoms with Gasteiger partial charge in [-0.2, -0.15) is 0 Å². The largest absolute Gasteiger partial charge is 0.481 e. The van der Waals surface area contributed by atoms with Crippen molar-refractivity contribution in [2.24, 2.45) is 11.8 Å². The van der Waals surface area contributed by atoms with Gasteiger partial charge in [0.05, 0.1) is 11.8 Å². The van der Waals surface area contributed by atoms with Crippen LogP contribution in [0.15, 0.2) is 18.2 Å². The van der Waals surface area contributed by atoms with E-state index >= 15 is 0 Å². The fourth-order valence-electron chi connectivity index (χ4n) is 3.37. The van der Waals surface area contributed by atoms with Crippen LogP contribution in [0.2, 0.25) is 0 Å². The zero-order chi connectivity index (χ0) is 18.8. The van der Waals surface area contributed by atoms with E-state index in [1.54, 1.807) is 6.07 Å². The van der Waals surface area contributed by atoms with Crippen LogP contribution in [0.4, 0.5) is 0 Å². The van der Waals surface area contributed by atoms with Crippen molar-refractivity contribution < 1.29 is 19.8 Å². The van der Waals surface area contributed by atoms with E-state index in [1.807, 2.05) is 60.6 Å². The lowest BCUT2D eigenvalue weighted by atomic mass is 9.71. The fourth-order valence-corrected chi connectivity index (χ4v) is 3.37. The molecule has 0 fully saturated rings. The van der Waals surface area contributed by atoms with E-state index in [4.69, 9.17) is 0 Å². The molecule has 0 aliphatic rings. The molecule has 134 valence electrons. The Bertz CT molecular complexity index is 609. The highest BCUT2D eigenvalue weighted by Gasteiger charge is 2.36. The molecular weight excluding hydrogens is 304 g/mol. The van der Waals surface area contributed by atoms with Crippen molar-refractivity contribution in [2.75, 3.05) is 0 Å². The molecule has 1 rings (SSSR count). The Labute approximate surface area is 144 Å². The number of rotatable bonds is 6. The first-order chi connectivity index (χ1) is 10.9. The maximum Gasteiger partial charge on any atom is 0.311 e. The summed E-state index contributed by atoms with van der Waals surface area (Å²) in [7, 11) is 0. The fraction of sp³-hybridized carbons (Fsp3) is 0.600. The summed E-state index contributed by atoms with van der Waals surface area (Å²) in [4.78, 5) is 23.9. The number of carboxylic acids is 2. The van der Waals surface area contributed by atoms with Gasteiger partial charge in [0, 0.05) is 0 Å². The molecular formula is C20H30O4. The average molecular weight is 334 g/mol. The predicted octanol–water partition coefficient (Wildman–Crippen LogP) is 4.63. The molecule has 2 atom stereocenters. The molecule has 0 spiro atoms. The van der Waals surface area contributed by atoms with E-state index in [0.29, 0.717) is 11.1 Å². The third-order valence-corrected chi connectivity index (χ3v) is 4.46. The standard InChI is InChI=1S/C20H30O4/c1-11(2)15(18(21)22)13-9-8-10-14(20(5,6)7)17(13)16(12(3)4)19(23)24/h8-12,15-16H,1-7H3,(H,21,22)(H,23,24). The summed E-state index contributed by atoms with van der Waals surface area (Å²) >= 11 is 0. The van der Waals surface area contributed by atoms with Gasteiger partial charge in [-0.1, -0.05) is 66.7 Å². The summed E-state index contributed by atoms with van der Waals surface area (Å²) in [5.74, 6) is -3.52. The number of carboxylic acid groups (broad SMARTS) is 2. The molecule has 0 saturated carbocycles. The molecule has 0 heterocycles. The van der Waals surface area contributed by atoms with E-state index in [9.17, 15) is 19.8 Å². The monoisotopic (exact) mass is 334 g/mol. The van der Waals surface area contributed by atoms with Crippen molar-refractivity contribution in [1.82, 2.24) is 0 Å². The lowest BCUT2D eigenvalue weighted by Gasteiger charge is -2.32. The summed E-state index contributed by atoms with van der Waals surface area (Å²) in [5.41, 5.74) is 1.95. The maximum atomic E-state index is 12.0. The third kappa shape index (κ3) is 4.16. The van der Waals surface area contributed by atoms with Gasteiger partial charge in [-0.05, 0) is 33.9 Å². The second-order valence-corrected chi connectivity index (χ2v) is 8.18. The molecule has 0 saturated heterocycles. The van der Waals surface area contributed by atoms with Gasteiger partial charge in [-0.3, -0.25) is 9.59 Å². The molecule has 24 heavy (non-hydrogen) atoms. The zero-order valence-corrected chi connectivity index (χ0v) is 15.8. The van der Waals surface area contributed by atoms with Crippen LogP contribution in [0.25, 0.3) is 0 Å². The Balaban J connectivity index is 3.84. The Hall–Kier alpha value is -1.84. The Morgan fingerprint density at radius 1 is 0.875 bits per heavy atom. The molecule has 4 nitrogen and oxygen atoms in total. The topological polar surface area (TPSA) is 74.6 Å². The minimum atomic E-state index is -0.912. The van der Waals surface area contributed by atoms with E-state index in [-0.39, 0.29) is 17.3 Å². The molecule has 0 radical (unpaired) electrons. The van der Waals surface area contributed by atoms with Gasteiger partial charge in [0.2, 0.25) is 0 Å². The van der Waals surface area contributed by atoms with E-state index in [0.717, 1.165) is 5.56 Å². The molecule has 0 aromatic heterocycles. The molecule has 2 unspecified atom stereocenters. The summed E-state index contributed by atoms with van der Waals surface area (Å²) in [6, 6.07) is 5.55. The highest BCUT2D eigenvalue weighted by Crippen LogP contribution is 2.41. The maximum absolute atomic E-state index is 12.0. The van der Waals surface area contributed by atoms with Crippen molar-refractivity contribution >= 4 is 11.9 Å². The summed E-state index contributed by atoms with van der Waals surface area (Å²) in [5, 5.41) is 19.6. The highest BCUT2D eigenvalue weighted by molar-refractivity contribution is 5.82. The van der Waals surface area contributed by atoms with Crippen molar-refractivity contribution in [1.29, 1.82) is 0 Å². The normalized spacial score (nSPS) is 14.7. The van der Waals surface area contributed by atoms with Gasteiger partial charge in [0.15, 0.2) is 0 Å². The average Bonchev–Trinajstić information content (AvgIpc) is 2.37. The van der Waals surface area contributed by atoms with Gasteiger partial charge >= 0.3 is 11.9 Å². The number of aliphatic carboxylic acids is 2. The third-order valence-electron chi connectivity index (χ3n) is 4.46. The zero-order valence-electron chi connectivity index (χ0n) is 15.8. The second kappa shape index (κ2) is 7.37. The molecule has 0 aliphatic carbocycles. The van der Waals surface area contributed by atoms with Gasteiger partial charge in [-0.15, -0.1) is 0 Å². The minimum Gasteiger partial charge on any atom is -0.481 e. The Morgan fingerprint density at radius 3 is 1.67 bits per heavy atom. The summed E-state index contributed by atoms with van der Waals surface area (Å²) in [6.45, 7) is 13.5. The lowest BCUT2D eigenvalue weighted by Crippen LogP contribution is -2.28. The molecule has 1 aromatic rings. The molecule has 0 amide bonds. The smallest absolute Gasteiger partial charge is 0.311 e. The molecule has 2 N–H and O–H groups in total. The van der Waals surface area contributed by atoms with E-state index < -0.39 is 23.8 Å². The van der Waals surface area contributed by atoms with Gasteiger partial charge in [0.1, 0.15) is 0 Å². The Morgan fingerprint density at radius 2 is 1.33 bits per heavy atom. The van der Waals surface area contributed by atoms with Crippen LogP contribution in [0.3, 0.4) is 0 Å². The van der Waals surface area contributed by atoms with Crippen LogP contribution in [-0.2, 0) is 15.0 Å². The SMILES string of the molecule is CC(C)C(C(=O)O)c1cccc(C(C)(C)C)c1C(C(=O)O)C(C)C. The number of benzene rings is 1. The van der Waals surface area contributed by atoms with Crippen molar-refractivity contribution in [2.45, 2.75) is 65.7 Å². The Kier molecular flexibility index (Phi) is 6.20. The van der Waals surface area contributed by atoms with Crippen LogP contribution in [-0.4, -0.2) is 22.2 Å². The second-order valence-electron chi connectivity index (χ2n) is 8.18. The first kappa shape index (κ1) is 20.2. The molecule has 0 aliphatic heterocycles. The number of hydrogen-bond acceptors (Lipinski definition) is 2. The van der Waals surface area contributed by atoms with Crippen LogP contribution in [0, 0.1) is 11.8 Å². The predicted molar refractivity (Wildman–Crippen MR) is 95.6 cm³/mol. The van der Waals surface area contributed by atoms with Crippen LogP contribution in [0.1, 0.15) is 77.0 Å². The summed E-state index contributed by atoms with van der Waals surface area (Å²) < 4.78 is 0. The quantitative estimate of drug-likeness (QED) is 0.795. The molecule has 1 aromatic carbocycles. The lowest BCUT2D eigenvalue weighted by molar-refractivity contribution is -0.141. The first-order valence-electron chi connectivity index (χ1n) is 8.48. The highest BCUT2D eigenvalue weighted by atomic mass is 16.4. The number of carbonyl (C=O) groups is 2. The van der Waals surface area contributed by atoms with Gasteiger partial charge < -0.3 is 10.2 Å². The van der Waals surface area contributed by atoms with E-state index in [2.05, 4.69) is 0 Å². The first-order valence-corrected chi connectivity index (χ1v) is 8.48. The number of hydrogen-bond donors (Lipinski definition) is 2. The van der Waals surface area contributed by atoms with E-state index in [1.165, 1.54) is 0 Å². The summed E-state index contributed by atoms with van der Waals surface area (Å²) in [6.07, 6.45) is 0. The van der Waals surface area contributed by atoms with Crippen LogP contribution >= 0.6 is 0 Å². The van der Waals surface area contributed by atoms with Crippen LogP contribution in [0.5, 0.6) is 0 Å². The van der Waals surface area contributed by atoms with Gasteiger partial charge in [0.25, 0.3) is 0 Å². The van der Waals surface area contributed by atoms with Crippen molar-refractivity contribution in [3.05, 3.63) is 34.9 Å². The van der Waals surface area contributed by atoms with Crippen molar-refractivity contribution in [3.63, 3.8) is 0 Å². The van der Waals surface area contributed by atoms with Gasteiger partial charge in [-0.25, -0.2) is 0 Å². The van der Waals surface area contributed by atoms with Crippen LogP contribution < -0.4 is 0 Å². The molecule has 0 bridgehead atoms. The molecule has 4 heteroatoms.